The van der Waals surface area contributed by atoms with Gasteiger partial charge in [-0.2, -0.15) is 0 Å². The molecule has 4 rings (SSSR count). The lowest BCUT2D eigenvalue weighted by molar-refractivity contribution is -0.123. The van der Waals surface area contributed by atoms with E-state index in [1.165, 1.54) is 0 Å². The number of nitrogens with zero attached hydrogens (tertiary/aromatic N) is 3. The first kappa shape index (κ1) is 18.5. The van der Waals surface area contributed by atoms with E-state index in [1.54, 1.807) is 0 Å². The first-order valence-electron chi connectivity index (χ1n) is 9.71. The van der Waals surface area contributed by atoms with Gasteiger partial charge in [0.25, 0.3) is 0 Å². The van der Waals surface area contributed by atoms with Gasteiger partial charge in [-0.25, -0.2) is 4.79 Å². The quantitative estimate of drug-likeness (QED) is 0.892. The van der Waals surface area contributed by atoms with Crippen LogP contribution >= 0.6 is 0 Å². The predicted octanol–water partition coefficient (Wildman–Crippen LogP) is 2.32. The van der Waals surface area contributed by atoms with Gasteiger partial charge in [-0.3, -0.25) is 9.69 Å². The standard InChI is InChI=1S/C22H26N4O2/c1-24-15-20(27)26(19-10-6-3-7-11-19)17-22(24)12-13-25(16-22)21(28)23-14-18-8-4-2-5-9-18/h2-11H,12-17H2,1H3,(H,23,28)/t22-/m1/s1. The fourth-order valence-corrected chi connectivity index (χ4v) is 4.16. The number of urea groups is 1. The molecule has 0 aliphatic carbocycles. The highest BCUT2D eigenvalue weighted by Gasteiger charge is 2.48. The van der Waals surface area contributed by atoms with Gasteiger partial charge in [0.2, 0.25) is 5.91 Å². The monoisotopic (exact) mass is 378 g/mol. The van der Waals surface area contributed by atoms with Crippen LogP contribution in [-0.2, 0) is 11.3 Å². The molecule has 0 bridgehead atoms. The van der Waals surface area contributed by atoms with E-state index in [9.17, 15) is 9.59 Å². The lowest BCUT2D eigenvalue weighted by Crippen LogP contribution is -2.64. The van der Waals surface area contributed by atoms with Gasteiger partial charge in [-0.1, -0.05) is 48.5 Å². The molecule has 2 aliphatic rings. The number of piperazine rings is 1. The van der Waals surface area contributed by atoms with Crippen LogP contribution in [0, 0.1) is 0 Å². The van der Waals surface area contributed by atoms with Crippen molar-refractivity contribution >= 4 is 17.6 Å². The molecule has 1 spiro atoms. The minimum Gasteiger partial charge on any atom is -0.334 e. The highest BCUT2D eigenvalue weighted by molar-refractivity contribution is 5.96. The molecule has 0 unspecified atom stereocenters. The van der Waals surface area contributed by atoms with Gasteiger partial charge in [-0.05, 0) is 31.2 Å². The Kier molecular flexibility index (Phi) is 5.05. The Labute approximate surface area is 165 Å². The largest absolute Gasteiger partial charge is 0.334 e. The maximum absolute atomic E-state index is 12.7. The third-order valence-electron chi connectivity index (χ3n) is 5.91. The summed E-state index contributed by atoms with van der Waals surface area (Å²) in [6.45, 7) is 2.82. The van der Waals surface area contributed by atoms with E-state index in [-0.39, 0.29) is 17.5 Å². The normalized spacial score (nSPS) is 22.7. The average Bonchev–Trinajstić information content (AvgIpc) is 3.16. The zero-order valence-corrected chi connectivity index (χ0v) is 16.2. The highest BCUT2D eigenvalue weighted by atomic mass is 16.2. The summed E-state index contributed by atoms with van der Waals surface area (Å²) in [5.74, 6) is 0.103. The Morgan fingerprint density at radius 3 is 2.43 bits per heavy atom. The number of rotatable bonds is 3. The number of nitrogens with one attached hydrogen (secondary N) is 1. The molecule has 2 heterocycles. The number of amides is 3. The smallest absolute Gasteiger partial charge is 0.317 e. The summed E-state index contributed by atoms with van der Waals surface area (Å²) >= 11 is 0. The summed E-state index contributed by atoms with van der Waals surface area (Å²) in [7, 11) is 1.99. The van der Waals surface area contributed by atoms with Crippen molar-refractivity contribution in [2.24, 2.45) is 0 Å². The van der Waals surface area contributed by atoms with Crippen LogP contribution in [0.15, 0.2) is 60.7 Å². The number of likely N-dealkylation sites (tertiary alicyclic amines) is 1. The number of hydrogen-bond donors (Lipinski definition) is 1. The van der Waals surface area contributed by atoms with E-state index >= 15 is 0 Å². The summed E-state index contributed by atoms with van der Waals surface area (Å²) in [6.07, 6.45) is 0.860. The summed E-state index contributed by atoms with van der Waals surface area (Å²) in [6, 6.07) is 19.7. The summed E-state index contributed by atoms with van der Waals surface area (Å²) in [5.41, 5.74) is 1.81. The Morgan fingerprint density at radius 1 is 1.04 bits per heavy atom. The van der Waals surface area contributed by atoms with Gasteiger partial charge in [0.15, 0.2) is 0 Å². The minimum absolute atomic E-state index is 0.0442. The number of benzene rings is 2. The van der Waals surface area contributed by atoms with E-state index < -0.39 is 0 Å². The first-order valence-corrected chi connectivity index (χ1v) is 9.71. The number of likely N-dealkylation sites (N-methyl/N-ethyl adjacent to an activating group) is 1. The van der Waals surface area contributed by atoms with Crippen molar-refractivity contribution in [1.82, 2.24) is 15.1 Å². The molecule has 2 aromatic carbocycles. The molecular formula is C22H26N4O2. The van der Waals surface area contributed by atoms with Gasteiger partial charge < -0.3 is 15.1 Å². The fraction of sp³-hybridized carbons (Fsp3) is 0.364. The Morgan fingerprint density at radius 2 is 1.71 bits per heavy atom. The van der Waals surface area contributed by atoms with E-state index in [1.807, 2.05) is 77.5 Å². The van der Waals surface area contributed by atoms with Crippen LogP contribution < -0.4 is 10.2 Å². The maximum Gasteiger partial charge on any atom is 0.317 e. The summed E-state index contributed by atoms with van der Waals surface area (Å²) in [4.78, 5) is 31.2. The zero-order valence-electron chi connectivity index (χ0n) is 16.2. The first-order chi connectivity index (χ1) is 13.6. The molecule has 28 heavy (non-hydrogen) atoms. The van der Waals surface area contributed by atoms with E-state index in [4.69, 9.17) is 0 Å². The van der Waals surface area contributed by atoms with Gasteiger partial charge in [0.1, 0.15) is 0 Å². The topological polar surface area (TPSA) is 55.9 Å². The number of para-hydroxylation sites is 1. The lowest BCUT2D eigenvalue weighted by atomic mass is 9.92. The number of carbonyl (C=O) groups excluding carboxylic acids is 2. The number of hydrogen-bond acceptors (Lipinski definition) is 3. The molecule has 0 aromatic heterocycles. The van der Waals surface area contributed by atoms with E-state index in [2.05, 4.69) is 10.2 Å². The average molecular weight is 378 g/mol. The van der Waals surface area contributed by atoms with Crippen LogP contribution in [0.1, 0.15) is 12.0 Å². The van der Waals surface area contributed by atoms with Crippen LogP contribution in [0.4, 0.5) is 10.5 Å². The Hall–Kier alpha value is -2.86. The van der Waals surface area contributed by atoms with Crippen molar-refractivity contribution in [2.45, 2.75) is 18.5 Å². The maximum atomic E-state index is 12.7. The molecule has 2 aromatic rings. The molecular weight excluding hydrogens is 352 g/mol. The van der Waals surface area contributed by atoms with Crippen molar-refractivity contribution in [3.63, 3.8) is 0 Å². The van der Waals surface area contributed by atoms with Crippen molar-refractivity contribution in [3.05, 3.63) is 66.2 Å². The van der Waals surface area contributed by atoms with E-state index in [0.717, 1.165) is 17.7 Å². The molecule has 0 saturated carbocycles. The molecule has 2 saturated heterocycles. The van der Waals surface area contributed by atoms with Gasteiger partial charge in [-0.15, -0.1) is 0 Å². The lowest BCUT2D eigenvalue weighted by Gasteiger charge is -2.46. The molecule has 1 atom stereocenters. The fourth-order valence-electron chi connectivity index (χ4n) is 4.16. The van der Waals surface area contributed by atoms with Crippen molar-refractivity contribution in [3.8, 4) is 0 Å². The summed E-state index contributed by atoms with van der Waals surface area (Å²) in [5, 5.41) is 3.02. The second-order valence-corrected chi connectivity index (χ2v) is 7.71. The van der Waals surface area contributed by atoms with Crippen molar-refractivity contribution < 1.29 is 9.59 Å². The molecule has 146 valence electrons. The van der Waals surface area contributed by atoms with Crippen LogP contribution in [0.2, 0.25) is 0 Å². The second kappa shape index (κ2) is 7.64. The third kappa shape index (κ3) is 3.60. The van der Waals surface area contributed by atoms with Crippen molar-refractivity contribution in [1.29, 1.82) is 0 Å². The molecule has 6 heteroatoms. The third-order valence-corrected chi connectivity index (χ3v) is 5.91. The molecule has 0 radical (unpaired) electrons. The summed E-state index contributed by atoms with van der Waals surface area (Å²) < 4.78 is 0. The van der Waals surface area contributed by atoms with Crippen LogP contribution in [-0.4, -0.2) is 60.5 Å². The molecule has 1 N–H and O–H groups in total. The second-order valence-electron chi connectivity index (χ2n) is 7.71. The molecule has 2 fully saturated rings. The Balaban J connectivity index is 1.43. The van der Waals surface area contributed by atoms with Crippen LogP contribution in [0.3, 0.4) is 0 Å². The minimum atomic E-state index is -0.201. The molecule has 6 nitrogen and oxygen atoms in total. The Bertz CT molecular complexity index is 842. The predicted molar refractivity (Wildman–Crippen MR) is 109 cm³/mol. The van der Waals surface area contributed by atoms with Crippen molar-refractivity contribution in [2.75, 3.05) is 38.1 Å². The van der Waals surface area contributed by atoms with Gasteiger partial charge in [0.05, 0.1) is 12.1 Å². The SMILES string of the molecule is CN1CC(=O)N(c2ccccc2)C[C@]12CCN(C(=O)NCc1ccccc1)C2. The highest BCUT2D eigenvalue weighted by Crippen LogP contribution is 2.33. The zero-order chi connectivity index (χ0) is 19.6. The molecule has 2 aliphatic heterocycles. The number of carbonyl (C=O) groups is 2. The van der Waals surface area contributed by atoms with Crippen LogP contribution in [0.5, 0.6) is 0 Å². The van der Waals surface area contributed by atoms with E-state index in [0.29, 0.717) is 32.7 Å². The number of anilines is 1. The molecule has 3 amide bonds. The van der Waals surface area contributed by atoms with Gasteiger partial charge >= 0.3 is 6.03 Å². The van der Waals surface area contributed by atoms with Gasteiger partial charge in [0, 0.05) is 31.9 Å². The van der Waals surface area contributed by atoms with Crippen LogP contribution in [0.25, 0.3) is 0 Å².